The summed E-state index contributed by atoms with van der Waals surface area (Å²) in [7, 11) is 0. The highest BCUT2D eigenvalue weighted by Crippen LogP contribution is 2.23. The van der Waals surface area contributed by atoms with Crippen LogP contribution in [0.2, 0.25) is 5.02 Å². The van der Waals surface area contributed by atoms with Crippen molar-refractivity contribution in [1.29, 1.82) is 0 Å². The zero-order valence-electron chi connectivity index (χ0n) is 14.4. The Balaban J connectivity index is 2.11. The van der Waals surface area contributed by atoms with Crippen LogP contribution in [0.15, 0.2) is 60.8 Å². The molecule has 7 heteroatoms. The Morgan fingerprint density at radius 3 is 2.41 bits per heavy atom. The van der Waals surface area contributed by atoms with Crippen LogP contribution in [0.4, 0.5) is 0 Å². The maximum atomic E-state index is 11.8. The summed E-state index contributed by atoms with van der Waals surface area (Å²) in [5, 5.41) is 12.1. The molecule has 0 unspecified atom stereocenters. The Hall–Kier alpha value is -3.12. The normalized spacial score (nSPS) is 11.9. The monoisotopic (exact) mass is 386 g/mol. The molecule has 140 valence electrons. The summed E-state index contributed by atoms with van der Waals surface area (Å²) in [5.74, 6) is -2.79. The van der Waals surface area contributed by atoms with Crippen molar-refractivity contribution in [3.8, 4) is 11.1 Å². The minimum absolute atomic E-state index is 0.271. The molecular weight excluding hydrogens is 368 g/mol. The van der Waals surface area contributed by atoms with Crippen molar-refractivity contribution >= 4 is 29.3 Å². The van der Waals surface area contributed by atoms with E-state index in [1.165, 1.54) is 0 Å². The van der Waals surface area contributed by atoms with Crippen LogP contribution >= 0.6 is 11.6 Å². The van der Waals surface area contributed by atoms with Crippen LogP contribution in [0, 0.1) is 0 Å². The summed E-state index contributed by atoms with van der Waals surface area (Å²) < 4.78 is 0. The van der Waals surface area contributed by atoms with Crippen LogP contribution in [0.3, 0.4) is 0 Å². The van der Waals surface area contributed by atoms with E-state index in [0.29, 0.717) is 5.02 Å². The van der Waals surface area contributed by atoms with Crippen molar-refractivity contribution < 1.29 is 19.5 Å². The predicted molar refractivity (Wildman–Crippen MR) is 103 cm³/mol. The highest BCUT2D eigenvalue weighted by molar-refractivity contribution is 6.40. The topological polar surface area (TPSA) is 109 Å². The molecule has 0 fully saturated rings. The molecule has 0 aliphatic carbocycles. The van der Waals surface area contributed by atoms with Gasteiger partial charge in [-0.15, -0.1) is 0 Å². The standard InChI is InChI=1S/C20H19ClN2O4/c21-16-3-1-2-15(11-16)14-6-4-13(5-7-14)10-17(12-19(25)26)23-20(27)18(24)8-9-22/h1-9,11,17H,10,12,22H2,(H,23,27)(H,25,26)/b9-8-/t17-/m1/s1. The Kier molecular flexibility index (Phi) is 7.14. The van der Waals surface area contributed by atoms with Crippen LogP contribution in [-0.2, 0) is 20.8 Å². The summed E-state index contributed by atoms with van der Waals surface area (Å²) in [4.78, 5) is 34.4. The Morgan fingerprint density at radius 2 is 1.81 bits per heavy atom. The number of amides is 1. The van der Waals surface area contributed by atoms with Gasteiger partial charge in [0.15, 0.2) is 0 Å². The minimum Gasteiger partial charge on any atom is -0.481 e. The molecule has 1 atom stereocenters. The van der Waals surface area contributed by atoms with E-state index >= 15 is 0 Å². The Labute approximate surface area is 161 Å². The predicted octanol–water partition coefficient (Wildman–Crippen LogP) is 2.55. The van der Waals surface area contributed by atoms with Crippen LogP contribution in [0.1, 0.15) is 12.0 Å². The average Bonchev–Trinajstić information content (AvgIpc) is 2.62. The lowest BCUT2D eigenvalue weighted by Gasteiger charge is -2.16. The molecule has 4 N–H and O–H groups in total. The number of carbonyl (C=O) groups excluding carboxylic acids is 2. The van der Waals surface area contributed by atoms with Gasteiger partial charge < -0.3 is 16.2 Å². The van der Waals surface area contributed by atoms with Crippen molar-refractivity contribution in [1.82, 2.24) is 5.32 Å². The highest BCUT2D eigenvalue weighted by atomic mass is 35.5. The largest absolute Gasteiger partial charge is 0.481 e. The molecule has 0 saturated heterocycles. The first-order valence-corrected chi connectivity index (χ1v) is 8.56. The molecule has 0 aliphatic heterocycles. The summed E-state index contributed by atoms with van der Waals surface area (Å²) >= 11 is 6.00. The average molecular weight is 387 g/mol. The fourth-order valence-electron chi connectivity index (χ4n) is 2.59. The van der Waals surface area contributed by atoms with Crippen LogP contribution < -0.4 is 11.1 Å². The van der Waals surface area contributed by atoms with Gasteiger partial charge in [0.25, 0.3) is 5.91 Å². The molecular formula is C20H19ClN2O4. The van der Waals surface area contributed by atoms with E-state index in [4.69, 9.17) is 22.4 Å². The second-order valence-corrected chi connectivity index (χ2v) is 6.34. The van der Waals surface area contributed by atoms with E-state index in [1.54, 1.807) is 6.07 Å². The minimum atomic E-state index is -1.07. The van der Waals surface area contributed by atoms with E-state index in [2.05, 4.69) is 5.32 Å². The molecule has 0 bridgehead atoms. The molecule has 0 aliphatic rings. The molecule has 2 aromatic carbocycles. The van der Waals surface area contributed by atoms with Gasteiger partial charge in [0.05, 0.1) is 6.42 Å². The lowest BCUT2D eigenvalue weighted by Crippen LogP contribution is -2.41. The summed E-state index contributed by atoms with van der Waals surface area (Å²) in [6, 6.07) is 14.2. The van der Waals surface area contributed by atoms with Gasteiger partial charge in [0.2, 0.25) is 5.78 Å². The van der Waals surface area contributed by atoms with Crippen molar-refractivity contribution in [2.45, 2.75) is 18.9 Å². The number of carboxylic acid groups (broad SMARTS) is 1. The van der Waals surface area contributed by atoms with Crippen molar-refractivity contribution in [3.05, 3.63) is 71.4 Å². The van der Waals surface area contributed by atoms with E-state index in [9.17, 15) is 14.4 Å². The molecule has 27 heavy (non-hydrogen) atoms. The van der Waals surface area contributed by atoms with Crippen LogP contribution in [0.25, 0.3) is 11.1 Å². The van der Waals surface area contributed by atoms with E-state index in [0.717, 1.165) is 29.0 Å². The number of ketones is 1. The molecule has 6 nitrogen and oxygen atoms in total. The van der Waals surface area contributed by atoms with Crippen LogP contribution in [-0.4, -0.2) is 28.8 Å². The van der Waals surface area contributed by atoms with E-state index in [1.807, 2.05) is 42.5 Å². The lowest BCUT2D eigenvalue weighted by atomic mass is 9.99. The number of nitrogens with two attached hydrogens (primary N) is 1. The third-order valence-corrected chi connectivity index (χ3v) is 4.06. The second-order valence-electron chi connectivity index (χ2n) is 5.90. The lowest BCUT2D eigenvalue weighted by molar-refractivity contribution is -0.139. The first-order valence-electron chi connectivity index (χ1n) is 8.19. The van der Waals surface area contributed by atoms with Gasteiger partial charge in [-0.1, -0.05) is 48.0 Å². The SMILES string of the molecule is N/C=C\C(=O)C(=O)N[C@@H](CC(=O)O)Cc1ccc(-c2cccc(Cl)c2)cc1. The first kappa shape index (κ1) is 20.2. The zero-order chi connectivity index (χ0) is 19.8. The summed E-state index contributed by atoms with van der Waals surface area (Å²) in [6.45, 7) is 0. The smallest absolute Gasteiger partial charge is 0.305 e. The number of halogens is 1. The molecule has 0 aromatic heterocycles. The van der Waals surface area contributed by atoms with E-state index < -0.39 is 23.7 Å². The highest BCUT2D eigenvalue weighted by Gasteiger charge is 2.19. The Bertz CT molecular complexity index is 863. The fourth-order valence-corrected chi connectivity index (χ4v) is 2.78. The van der Waals surface area contributed by atoms with Gasteiger partial charge in [0, 0.05) is 17.1 Å². The summed E-state index contributed by atoms with van der Waals surface area (Å²) in [5.41, 5.74) is 7.84. The quantitative estimate of drug-likeness (QED) is 0.477. The van der Waals surface area contributed by atoms with Crippen molar-refractivity contribution in [2.75, 3.05) is 0 Å². The fraction of sp³-hybridized carbons (Fsp3) is 0.150. The van der Waals surface area contributed by atoms with Crippen molar-refractivity contribution in [3.63, 3.8) is 0 Å². The number of carboxylic acids is 1. The third kappa shape index (κ3) is 6.27. The van der Waals surface area contributed by atoms with Gasteiger partial charge >= 0.3 is 5.97 Å². The molecule has 1 amide bonds. The van der Waals surface area contributed by atoms with Gasteiger partial charge in [-0.25, -0.2) is 0 Å². The van der Waals surface area contributed by atoms with Gasteiger partial charge in [-0.3, -0.25) is 14.4 Å². The first-order chi connectivity index (χ1) is 12.9. The molecule has 2 aromatic rings. The van der Waals surface area contributed by atoms with Gasteiger partial charge in [-0.2, -0.15) is 0 Å². The second kappa shape index (κ2) is 9.54. The number of carbonyl (C=O) groups is 3. The summed E-state index contributed by atoms with van der Waals surface area (Å²) in [6.07, 6.45) is 1.85. The molecule has 0 heterocycles. The molecule has 2 rings (SSSR count). The van der Waals surface area contributed by atoms with E-state index in [-0.39, 0.29) is 12.8 Å². The number of aliphatic carboxylic acids is 1. The van der Waals surface area contributed by atoms with Crippen molar-refractivity contribution in [2.24, 2.45) is 5.73 Å². The number of hydrogen-bond acceptors (Lipinski definition) is 4. The number of rotatable bonds is 8. The van der Waals surface area contributed by atoms with Crippen LogP contribution in [0.5, 0.6) is 0 Å². The maximum absolute atomic E-state index is 11.8. The number of benzene rings is 2. The number of nitrogens with one attached hydrogen (secondary N) is 1. The van der Waals surface area contributed by atoms with Gasteiger partial charge in [-0.05, 0) is 41.4 Å². The molecule has 0 spiro atoms. The van der Waals surface area contributed by atoms with Gasteiger partial charge in [0.1, 0.15) is 0 Å². The third-order valence-electron chi connectivity index (χ3n) is 3.82. The zero-order valence-corrected chi connectivity index (χ0v) is 15.1. The maximum Gasteiger partial charge on any atom is 0.305 e. The number of hydrogen-bond donors (Lipinski definition) is 3. The molecule has 0 radical (unpaired) electrons. The molecule has 0 saturated carbocycles. The Morgan fingerprint density at radius 1 is 1.11 bits per heavy atom.